The van der Waals surface area contributed by atoms with Crippen molar-refractivity contribution in [3.8, 4) is 0 Å². The molecule has 0 bridgehead atoms. The molecular formula is C13H24N2O3. The summed E-state index contributed by atoms with van der Waals surface area (Å²) >= 11 is 0. The van der Waals surface area contributed by atoms with Gasteiger partial charge in [0.15, 0.2) is 5.90 Å². The van der Waals surface area contributed by atoms with Gasteiger partial charge in [-0.05, 0) is 34.6 Å². The van der Waals surface area contributed by atoms with E-state index in [1.54, 1.807) is 12.0 Å². The Bertz CT molecular complexity index is 343. The van der Waals surface area contributed by atoms with Crippen LogP contribution in [0.2, 0.25) is 0 Å². The van der Waals surface area contributed by atoms with E-state index in [0.717, 1.165) is 0 Å². The van der Waals surface area contributed by atoms with Crippen LogP contribution in [0.4, 0.5) is 4.79 Å². The van der Waals surface area contributed by atoms with Gasteiger partial charge in [-0.25, -0.2) is 4.79 Å². The lowest BCUT2D eigenvalue weighted by molar-refractivity contribution is 0.00571. The number of aliphatic imine (C=N–C) groups is 1. The molecule has 0 aromatic heterocycles. The lowest BCUT2D eigenvalue weighted by atomic mass is 9.99. The SMILES string of the molecule is COC1=NCCN(C(=O)OC(C)(C)C)C(C)(C)C1. The molecule has 1 aliphatic rings. The average molecular weight is 256 g/mol. The second-order valence-electron chi connectivity index (χ2n) is 6.10. The highest BCUT2D eigenvalue weighted by molar-refractivity contribution is 5.79. The van der Waals surface area contributed by atoms with E-state index in [4.69, 9.17) is 9.47 Å². The summed E-state index contributed by atoms with van der Waals surface area (Å²) in [6.07, 6.45) is 0.308. The molecule has 1 amide bonds. The largest absolute Gasteiger partial charge is 0.484 e. The van der Waals surface area contributed by atoms with Gasteiger partial charge < -0.3 is 14.4 Å². The van der Waals surface area contributed by atoms with E-state index >= 15 is 0 Å². The Kier molecular flexibility index (Phi) is 4.24. The molecule has 5 nitrogen and oxygen atoms in total. The molecule has 0 spiro atoms. The number of hydrogen-bond acceptors (Lipinski definition) is 4. The molecule has 104 valence electrons. The van der Waals surface area contributed by atoms with Crippen molar-refractivity contribution in [3.05, 3.63) is 0 Å². The first-order valence-corrected chi connectivity index (χ1v) is 6.24. The number of carbonyl (C=O) groups excluding carboxylic acids is 1. The zero-order valence-electron chi connectivity index (χ0n) is 12.2. The smallest absolute Gasteiger partial charge is 0.410 e. The van der Waals surface area contributed by atoms with E-state index in [2.05, 4.69) is 4.99 Å². The Balaban J connectivity index is 2.81. The monoisotopic (exact) mass is 256 g/mol. The van der Waals surface area contributed by atoms with E-state index < -0.39 is 5.60 Å². The maximum absolute atomic E-state index is 12.2. The molecule has 0 aromatic rings. The van der Waals surface area contributed by atoms with Crippen LogP contribution in [0.5, 0.6) is 0 Å². The molecule has 0 aromatic carbocycles. The topological polar surface area (TPSA) is 51.1 Å². The predicted octanol–water partition coefficient (Wildman–Crippen LogP) is 2.45. The first kappa shape index (κ1) is 14.8. The Morgan fingerprint density at radius 3 is 2.50 bits per heavy atom. The first-order chi connectivity index (χ1) is 8.15. The number of carbonyl (C=O) groups is 1. The van der Waals surface area contributed by atoms with Gasteiger partial charge in [0, 0.05) is 18.5 Å². The van der Waals surface area contributed by atoms with Gasteiger partial charge in [0.2, 0.25) is 0 Å². The van der Waals surface area contributed by atoms with Gasteiger partial charge in [-0.15, -0.1) is 0 Å². The Labute approximate surface area is 109 Å². The Morgan fingerprint density at radius 1 is 1.39 bits per heavy atom. The zero-order valence-corrected chi connectivity index (χ0v) is 12.2. The summed E-state index contributed by atoms with van der Waals surface area (Å²) in [6.45, 7) is 10.7. The van der Waals surface area contributed by atoms with Gasteiger partial charge in [-0.2, -0.15) is 0 Å². The third kappa shape index (κ3) is 3.89. The third-order valence-corrected chi connectivity index (χ3v) is 2.78. The predicted molar refractivity (Wildman–Crippen MR) is 70.9 cm³/mol. The molecule has 0 aliphatic carbocycles. The Morgan fingerprint density at radius 2 is 2.00 bits per heavy atom. The molecule has 5 heteroatoms. The zero-order chi connectivity index (χ0) is 14.0. The van der Waals surface area contributed by atoms with Crippen molar-refractivity contribution in [3.63, 3.8) is 0 Å². The van der Waals surface area contributed by atoms with Crippen LogP contribution in [0.3, 0.4) is 0 Å². The van der Waals surface area contributed by atoms with Crippen molar-refractivity contribution >= 4 is 12.0 Å². The Hall–Kier alpha value is -1.26. The second kappa shape index (κ2) is 5.16. The molecule has 0 fully saturated rings. The molecule has 0 saturated carbocycles. The van der Waals surface area contributed by atoms with Crippen LogP contribution in [0.15, 0.2) is 4.99 Å². The van der Waals surface area contributed by atoms with Crippen LogP contribution in [0.25, 0.3) is 0 Å². The highest BCUT2D eigenvalue weighted by atomic mass is 16.6. The van der Waals surface area contributed by atoms with E-state index in [1.165, 1.54) is 0 Å². The minimum atomic E-state index is -0.482. The highest BCUT2D eigenvalue weighted by Gasteiger charge is 2.36. The molecule has 0 radical (unpaired) electrons. The molecule has 1 heterocycles. The summed E-state index contributed by atoms with van der Waals surface area (Å²) < 4.78 is 10.6. The van der Waals surface area contributed by atoms with E-state index in [0.29, 0.717) is 25.4 Å². The molecule has 1 rings (SSSR count). The van der Waals surface area contributed by atoms with Crippen molar-refractivity contribution in [2.75, 3.05) is 20.2 Å². The number of amides is 1. The molecule has 0 atom stereocenters. The average Bonchev–Trinajstić information content (AvgIpc) is 2.33. The maximum Gasteiger partial charge on any atom is 0.410 e. The summed E-state index contributed by atoms with van der Waals surface area (Å²) in [5, 5.41) is 0. The minimum Gasteiger partial charge on any atom is -0.484 e. The fourth-order valence-corrected chi connectivity index (χ4v) is 1.89. The lowest BCUT2D eigenvalue weighted by Gasteiger charge is -2.37. The first-order valence-electron chi connectivity index (χ1n) is 6.24. The van der Waals surface area contributed by atoms with Crippen LogP contribution in [0.1, 0.15) is 41.0 Å². The molecular weight excluding hydrogens is 232 g/mol. The fraction of sp³-hybridized carbons (Fsp3) is 0.846. The van der Waals surface area contributed by atoms with E-state index in [-0.39, 0.29) is 11.6 Å². The summed E-state index contributed by atoms with van der Waals surface area (Å²) in [7, 11) is 1.61. The van der Waals surface area contributed by atoms with Crippen molar-refractivity contribution in [1.82, 2.24) is 4.90 Å². The van der Waals surface area contributed by atoms with Gasteiger partial charge in [0.1, 0.15) is 5.60 Å². The normalized spacial score (nSPS) is 19.9. The number of rotatable bonds is 0. The van der Waals surface area contributed by atoms with E-state index in [1.807, 2.05) is 34.6 Å². The second-order valence-corrected chi connectivity index (χ2v) is 6.10. The number of methoxy groups -OCH3 is 1. The molecule has 18 heavy (non-hydrogen) atoms. The van der Waals surface area contributed by atoms with Crippen LogP contribution in [-0.4, -0.2) is 48.2 Å². The number of hydrogen-bond donors (Lipinski definition) is 0. The van der Waals surface area contributed by atoms with Gasteiger partial charge in [0.05, 0.1) is 13.7 Å². The van der Waals surface area contributed by atoms with Crippen LogP contribution >= 0.6 is 0 Å². The summed E-state index contributed by atoms with van der Waals surface area (Å²) in [5.74, 6) is 0.686. The fourth-order valence-electron chi connectivity index (χ4n) is 1.89. The number of ether oxygens (including phenoxy) is 2. The van der Waals surface area contributed by atoms with E-state index in [9.17, 15) is 4.79 Å². The molecule has 0 saturated heterocycles. The van der Waals surface area contributed by atoms with Gasteiger partial charge in [0.25, 0.3) is 0 Å². The molecule has 0 unspecified atom stereocenters. The van der Waals surface area contributed by atoms with Crippen molar-refractivity contribution < 1.29 is 14.3 Å². The van der Waals surface area contributed by atoms with Crippen LogP contribution < -0.4 is 0 Å². The number of nitrogens with zero attached hydrogens (tertiary/aromatic N) is 2. The van der Waals surface area contributed by atoms with Crippen LogP contribution in [-0.2, 0) is 9.47 Å². The van der Waals surface area contributed by atoms with Gasteiger partial charge >= 0.3 is 6.09 Å². The lowest BCUT2D eigenvalue weighted by Crippen LogP contribution is -2.50. The maximum atomic E-state index is 12.2. The van der Waals surface area contributed by atoms with Crippen molar-refractivity contribution in [1.29, 1.82) is 0 Å². The molecule has 0 N–H and O–H groups in total. The quantitative estimate of drug-likeness (QED) is 0.669. The third-order valence-electron chi connectivity index (χ3n) is 2.78. The minimum absolute atomic E-state index is 0.292. The van der Waals surface area contributed by atoms with Crippen LogP contribution in [0, 0.1) is 0 Å². The summed E-state index contributed by atoms with van der Waals surface area (Å²) in [4.78, 5) is 18.2. The van der Waals surface area contributed by atoms with Gasteiger partial charge in [-0.1, -0.05) is 0 Å². The summed E-state index contributed by atoms with van der Waals surface area (Å²) in [6, 6.07) is 0. The van der Waals surface area contributed by atoms with Crippen molar-refractivity contribution in [2.45, 2.75) is 52.2 Å². The van der Waals surface area contributed by atoms with Crippen molar-refractivity contribution in [2.24, 2.45) is 4.99 Å². The van der Waals surface area contributed by atoms with Gasteiger partial charge in [-0.3, -0.25) is 4.99 Å². The highest BCUT2D eigenvalue weighted by Crippen LogP contribution is 2.24. The standard InChI is InChI=1S/C13H24N2O3/c1-12(2,3)18-11(16)15-8-7-14-10(17-6)9-13(15,4)5/h7-9H2,1-6H3. The summed E-state index contributed by atoms with van der Waals surface area (Å²) in [5.41, 5.74) is -0.835. The molecule has 1 aliphatic heterocycles.